The van der Waals surface area contributed by atoms with E-state index in [4.69, 9.17) is 15.2 Å². The van der Waals surface area contributed by atoms with Gasteiger partial charge in [-0.05, 0) is 38.3 Å². The minimum atomic E-state index is -0.806. The van der Waals surface area contributed by atoms with Gasteiger partial charge in [-0.2, -0.15) is 0 Å². The Hall–Kier alpha value is -2.61. The Morgan fingerprint density at radius 1 is 1.12 bits per heavy atom. The monoisotopic (exact) mass is 365 g/mol. The van der Waals surface area contributed by atoms with E-state index in [0.29, 0.717) is 19.4 Å². The Morgan fingerprint density at radius 3 is 2.50 bits per heavy atom. The molecule has 0 saturated carbocycles. The van der Waals surface area contributed by atoms with E-state index < -0.39 is 24.0 Å². The summed E-state index contributed by atoms with van der Waals surface area (Å²) in [6, 6.07) is 8.41. The summed E-state index contributed by atoms with van der Waals surface area (Å²) in [5, 5.41) is 4.99. The molecule has 1 aromatic carbocycles. The Bertz CT molecular complexity index is 565. The third-order valence-electron chi connectivity index (χ3n) is 3.48. The van der Waals surface area contributed by atoms with Crippen molar-refractivity contribution in [3.63, 3.8) is 0 Å². The summed E-state index contributed by atoms with van der Waals surface area (Å²) in [7, 11) is 0. The summed E-state index contributed by atoms with van der Waals surface area (Å²) in [5.41, 5.74) is 6.30. The maximum atomic E-state index is 12.2. The summed E-state index contributed by atoms with van der Waals surface area (Å²) in [6.07, 6.45) is 1.08. The van der Waals surface area contributed by atoms with E-state index in [2.05, 4.69) is 10.6 Å². The molecule has 1 rings (SSSR count). The van der Waals surface area contributed by atoms with Crippen LogP contribution in [0.5, 0.6) is 0 Å². The van der Waals surface area contributed by atoms with Crippen LogP contribution in [0.25, 0.3) is 0 Å². The SMILES string of the molecule is CCOC(=O)CNC(=O)[C@H](CCCCN)NC(=O)OCc1ccccc1. The topological polar surface area (TPSA) is 120 Å². The number of nitrogens with one attached hydrogen (secondary N) is 2. The van der Waals surface area contributed by atoms with Gasteiger partial charge in [-0.3, -0.25) is 9.59 Å². The largest absolute Gasteiger partial charge is 0.465 e. The normalized spacial score (nSPS) is 11.3. The van der Waals surface area contributed by atoms with Crippen molar-refractivity contribution < 1.29 is 23.9 Å². The number of carbonyl (C=O) groups is 3. The van der Waals surface area contributed by atoms with Crippen molar-refractivity contribution in [3.05, 3.63) is 35.9 Å². The molecule has 1 atom stereocenters. The number of nitrogens with two attached hydrogens (primary N) is 1. The van der Waals surface area contributed by atoms with Crippen LogP contribution in [0.3, 0.4) is 0 Å². The van der Waals surface area contributed by atoms with Crippen LogP contribution in [0.4, 0.5) is 4.79 Å². The molecule has 26 heavy (non-hydrogen) atoms. The number of ether oxygens (including phenoxy) is 2. The van der Waals surface area contributed by atoms with Crippen molar-refractivity contribution in [2.24, 2.45) is 5.73 Å². The number of amides is 2. The molecule has 8 nitrogen and oxygen atoms in total. The maximum absolute atomic E-state index is 12.2. The van der Waals surface area contributed by atoms with E-state index in [1.54, 1.807) is 6.92 Å². The first kappa shape index (κ1) is 21.4. The molecular weight excluding hydrogens is 338 g/mol. The first-order valence-electron chi connectivity index (χ1n) is 8.67. The lowest BCUT2D eigenvalue weighted by molar-refractivity contribution is -0.143. The molecule has 0 saturated heterocycles. The Balaban J connectivity index is 2.50. The lowest BCUT2D eigenvalue weighted by Gasteiger charge is -2.18. The molecule has 4 N–H and O–H groups in total. The smallest absolute Gasteiger partial charge is 0.408 e. The molecule has 0 aliphatic heterocycles. The average molecular weight is 365 g/mol. The van der Waals surface area contributed by atoms with Crippen LogP contribution in [0.15, 0.2) is 30.3 Å². The predicted molar refractivity (Wildman–Crippen MR) is 96.1 cm³/mol. The van der Waals surface area contributed by atoms with E-state index in [-0.39, 0.29) is 19.8 Å². The summed E-state index contributed by atoms with van der Waals surface area (Å²) in [6.45, 7) is 2.27. The summed E-state index contributed by atoms with van der Waals surface area (Å²) in [4.78, 5) is 35.6. The lowest BCUT2D eigenvalue weighted by atomic mass is 10.1. The van der Waals surface area contributed by atoms with E-state index in [1.165, 1.54) is 0 Å². The molecule has 0 aliphatic carbocycles. The maximum Gasteiger partial charge on any atom is 0.408 e. The van der Waals surface area contributed by atoms with Crippen LogP contribution in [-0.4, -0.2) is 43.7 Å². The highest BCUT2D eigenvalue weighted by atomic mass is 16.5. The Morgan fingerprint density at radius 2 is 1.85 bits per heavy atom. The average Bonchev–Trinajstić information content (AvgIpc) is 2.65. The minimum absolute atomic E-state index is 0.104. The quantitative estimate of drug-likeness (QED) is 0.399. The molecule has 0 fully saturated rings. The highest BCUT2D eigenvalue weighted by Crippen LogP contribution is 2.04. The second-order valence-corrected chi connectivity index (χ2v) is 5.57. The second-order valence-electron chi connectivity index (χ2n) is 5.57. The standard InChI is InChI=1S/C18H27N3O5/c1-2-25-16(22)12-20-17(23)15(10-6-7-11-19)21-18(24)26-13-14-8-4-3-5-9-14/h3-5,8-9,15H,2,6-7,10-13,19H2,1H3,(H,20,23)(H,21,24)/t15-/m0/s1. The molecule has 0 radical (unpaired) electrons. The van der Waals surface area contributed by atoms with E-state index in [1.807, 2.05) is 30.3 Å². The van der Waals surface area contributed by atoms with Crippen molar-refractivity contribution in [3.8, 4) is 0 Å². The molecule has 2 amide bonds. The Kier molecular flexibility index (Phi) is 10.5. The van der Waals surface area contributed by atoms with Crippen molar-refractivity contribution in [1.82, 2.24) is 10.6 Å². The summed E-state index contributed by atoms with van der Waals surface area (Å²) < 4.78 is 9.89. The van der Waals surface area contributed by atoms with Gasteiger partial charge in [0.25, 0.3) is 0 Å². The van der Waals surface area contributed by atoms with E-state index in [9.17, 15) is 14.4 Å². The molecule has 0 aromatic heterocycles. The molecule has 0 bridgehead atoms. The molecule has 1 aromatic rings. The van der Waals surface area contributed by atoms with Crippen LogP contribution in [0, 0.1) is 0 Å². The van der Waals surface area contributed by atoms with Gasteiger partial charge in [0, 0.05) is 0 Å². The molecule has 0 heterocycles. The number of alkyl carbamates (subject to hydrolysis) is 1. The van der Waals surface area contributed by atoms with Crippen molar-refractivity contribution in [2.75, 3.05) is 19.7 Å². The Labute approximate surface area is 153 Å². The molecule has 8 heteroatoms. The molecule has 0 aliphatic rings. The number of unbranched alkanes of at least 4 members (excludes halogenated alkanes) is 1. The minimum Gasteiger partial charge on any atom is -0.465 e. The van der Waals surface area contributed by atoms with Gasteiger partial charge in [-0.25, -0.2) is 4.79 Å². The molecule has 144 valence electrons. The third-order valence-corrected chi connectivity index (χ3v) is 3.48. The van der Waals surface area contributed by atoms with Crippen LogP contribution >= 0.6 is 0 Å². The van der Waals surface area contributed by atoms with Gasteiger partial charge < -0.3 is 25.8 Å². The number of esters is 1. The highest BCUT2D eigenvalue weighted by Gasteiger charge is 2.21. The van der Waals surface area contributed by atoms with Gasteiger partial charge in [-0.15, -0.1) is 0 Å². The van der Waals surface area contributed by atoms with Crippen molar-refractivity contribution in [2.45, 2.75) is 38.8 Å². The zero-order valence-corrected chi connectivity index (χ0v) is 15.0. The van der Waals surface area contributed by atoms with E-state index >= 15 is 0 Å². The molecule has 0 spiro atoms. The van der Waals surface area contributed by atoms with Gasteiger partial charge in [-0.1, -0.05) is 30.3 Å². The van der Waals surface area contributed by atoms with Gasteiger partial charge in [0.2, 0.25) is 5.91 Å². The zero-order valence-electron chi connectivity index (χ0n) is 15.0. The number of hydrogen-bond donors (Lipinski definition) is 3. The fourth-order valence-corrected chi connectivity index (χ4v) is 2.16. The third kappa shape index (κ3) is 9.03. The second kappa shape index (κ2) is 12.7. The van der Waals surface area contributed by atoms with Crippen LogP contribution in [0.2, 0.25) is 0 Å². The fraction of sp³-hybridized carbons (Fsp3) is 0.500. The van der Waals surface area contributed by atoms with Gasteiger partial charge >= 0.3 is 12.1 Å². The van der Waals surface area contributed by atoms with Gasteiger partial charge in [0.15, 0.2) is 0 Å². The van der Waals surface area contributed by atoms with E-state index in [0.717, 1.165) is 12.0 Å². The van der Waals surface area contributed by atoms with Gasteiger partial charge in [0.05, 0.1) is 6.61 Å². The summed E-state index contributed by atoms with van der Waals surface area (Å²) in [5.74, 6) is -1.00. The molecular formula is C18H27N3O5. The van der Waals surface area contributed by atoms with Crippen molar-refractivity contribution >= 4 is 18.0 Å². The number of carbonyl (C=O) groups excluding carboxylic acids is 3. The first-order valence-corrected chi connectivity index (χ1v) is 8.67. The number of hydrogen-bond acceptors (Lipinski definition) is 6. The van der Waals surface area contributed by atoms with Crippen LogP contribution in [-0.2, 0) is 25.7 Å². The van der Waals surface area contributed by atoms with Crippen LogP contribution < -0.4 is 16.4 Å². The molecule has 0 unspecified atom stereocenters. The fourth-order valence-electron chi connectivity index (χ4n) is 2.16. The predicted octanol–water partition coefficient (Wildman–Crippen LogP) is 1.09. The highest BCUT2D eigenvalue weighted by molar-refractivity contribution is 5.88. The zero-order chi connectivity index (χ0) is 19.2. The first-order chi connectivity index (χ1) is 12.6. The summed E-state index contributed by atoms with van der Waals surface area (Å²) >= 11 is 0. The van der Waals surface area contributed by atoms with Gasteiger partial charge in [0.1, 0.15) is 19.2 Å². The van der Waals surface area contributed by atoms with Crippen LogP contribution in [0.1, 0.15) is 31.7 Å². The lowest BCUT2D eigenvalue weighted by Crippen LogP contribution is -2.48. The number of rotatable bonds is 11. The number of benzene rings is 1. The van der Waals surface area contributed by atoms with Crippen molar-refractivity contribution in [1.29, 1.82) is 0 Å².